The summed E-state index contributed by atoms with van der Waals surface area (Å²) in [4.78, 5) is -1.66. The van der Waals surface area contributed by atoms with E-state index in [2.05, 4.69) is 0 Å². The summed E-state index contributed by atoms with van der Waals surface area (Å²) in [7, 11) is -9.53. The van der Waals surface area contributed by atoms with Gasteiger partial charge < -0.3 is 5.11 Å². The second-order valence-electron chi connectivity index (χ2n) is 4.90. The first-order chi connectivity index (χ1) is 11.6. The highest BCUT2D eigenvalue weighted by Gasteiger charge is 2.26. The molecule has 132 valence electrons. The SMILES string of the molecule is O=S(=O)(O)c1ccc2ccccc2c1S(=O)(=O)O.Oc1ccccc1. The van der Waals surface area contributed by atoms with Gasteiger partial charge in [0.1, 0.15) is 15.5 Å². The molecule has 3 aromatic rings. The Hall–Kier alpha value is -2.46. The Morgan fingerprint density at radius 2 is 1.20 bits per heavy atom. The van der Waals surface area contributed by atoms with Crippen molar-refractivity contribution in [2.75, 3.05) is 0 Å². The summed E-state index contributed by atoms with van der Waals surface area (Å²) < 4.78 is 63.0. The van der Waals surface area contributed by atoms with Crippen LogP contribution in [-0.4, -0.2) is 31.0 Å². The maximum atomic E-state index is 11.3. The first-order valence-electron chi connectivity index (χ1n) is 6.81. The van der Waals surface area contributed by atoms with Gasteiger partial charge in [0, 0.05) is 5.39 Å². The lowest BCUT2D eigenvalue weighted by atomic mass is 10.1. The largest absolute Gasteiger partial charge is 0.508 e. The second kappa shape index (κ2) is 7.19. The van der Waals surface area contributed by atoms with E-state index in [1.165, 1.54) is 18.2 Å². The Bertz CT molecular complexity index is 1090. The molecule has 0 aliphatic heterocycles. The van der Waals surface area contributed by atoms with Gasteiger partial charge in [-0.15, -0.1) is 0 Å². The number of rotatable bonds is 2. The third-order valence-corrected chi connectivity index (χ3v) is 5.12. The van der Waals surface area contributed by atoms with E-state index in [9.17, 15) is 16.8 Å². The summed E-state index contributed by atoms with van der Waals surface area (Å²) >= 11 is 0. The monoisotopic (exact) mass is 382 g/mol. The molecule has 0 heterocycles. The zero-order chi connectivity index (χ0) is 18.7. The third-order valence-electron chi connectivity index (χ3n) is 3.14. The van der Waals surface area contributed by atoms with E-state index in [0.717, 1.165) is 6.07 Å². The molecule has 0 aromatic heterocycles. The Kier molecular flexibility index (Phi) is 5.43. The van der Waals surface area contributed by atoms with Crippen molar-refractivity contribution < 1.29 is 31.0 Å². The molecule has 9 heteroatoms. The molecule has 3 aromatic carbocycles. The predicted molar refractivity (Wildman–Crippen MR) is 91.7 cm³/mol. The van der Waals surface area contributed by atoms with Crippen LogP contribution < -0.4 is 0 Å². The fraction of sp³-hybridized carbons (Fsp3) is 0. The minimum atomic E-state index is -4.78. The summed E-state index contributed by atoms with van der Waals surface area (Å²) in [5.41, 5.74) is 0. The van der Waals surface area contributed by atoms with Crippen LogP contribution in [0.15, 0.2) is 76.5 Å². The van der Waals surface area contributed by atoms with Crippen LogP contribution in [0.4, 0.5) is 0 Å². The number of para-hydroxylation sites is 1. The summed E-state index contributed by atoms with van der Waals surface area (Å²) in [6.45, 7) is 0. The molecule has 0 aliphatic rings. The average molecular weight is 382 g/mol. The molecule has 0 radical (unpaired) electrons. The molecule has 7 nitrogen and oxygen atoms in total. The number of phenols is 1. The number of fused-ring (bicyclic) bond motifs is 1. The van der Waals surface area contributed by atoms with Gasteiger partial charge in [-0.2, -0.15) is 16.8 Å². The van der Waals surface area contributed by atoms with Crippen LogP contribution in [0.25, 0.3) is 10.8 Å². The molecule has 0 saturated carbocycles. The van der Waals surface area contributed by atoms with Crippen LogP contribution in [-0.2, 0) is 20.2 Å². The molecule has 0 aliphatic carbocycles. The summed E-state index contributed by atoms with van der Waals surface area (Å²) in [6.07, 6.45) is 0. The van der Waals surface area contributed by atoms with Gasteiger partial charge in [-0.25, -0.2) is 0 Å². The highest BCUT2D eigenvalue weighted by atomic mass is 32.2. The molecule has 0 saturated heterocycles. The van der Waals surface area contributed by atoms with Crippen molar-refractivity contribution in [2.24, 2.45) is 0 Å². The van der Waals surface area contributed by atoms with Crippen LogP contribution in [0.3, 0.4) is 0 Å². The van der Waals surface area contributed by atoms with E-state index in [-0.39, 0.29) is 5.39 Å². The molecule has 0 atom stereocenters. The summed E-state index contributed by atoms with van der Waals surface area (Å²) in [5, 5.41) is 9.08. The standard InChI is InChI=1S/C10H8O6S2.C6H6O/c11-17(12,13)9-6-5-7-3-1-2-4-8(7)10(9)18(14,15)16;7-6-4-2-1-3-5-6/h1-6H,(H,11,12,13)(H,14,15,16);1-5,7H. The Morgan fingerprint density at radius 3 is 1.68 bits per heavy atom. The van der Waals surface area contributed by atoms with Crippen LogP contribution in [0, 0.1) is 0 Å². The number of aromatic hydroxyl groups is 1. The van der Waals surface area contributed by atoms with Gasteiger partial charge in [0.15, 0.2) is 0 Å². The number of hydrogen-bond donors (Lipinski definition) is 3. The van der Waals surface area contributed by atoms with Crippen molar-refractivity contribution in [3.63, 3.8) is 0 Å². The molecule has 3 rings (SSSR count). The van der Waals surface area contributed by atoms with Crippen LogP contribution in [0.5, 0.6) is 5.75 Å². The van der Waals surface area contributed by atoms with Crippen LogP contribution >= 0.6 is 0 Å². The van der Waals surface area contributed by atoms with Crippen molar-refractivity contribution in [1.82, 2.24) is 0 Å². The molecular formula is C16H14O7S2. The highest BCUT2D eigenvalue weighted by Crippen LogP contribution is 2.29. The Morgan fingerprint density at radius 1 is 0.640 bits per heavy atom. The van der Waals surface area contributed by atoms with Gasteiger partial charge in [0.2, 0.25) is 0 Å². The quantitative estimate of drug-likeness (QED) is 0.581. The normalized spacial score (nSPS) is 11.6. The smallest absolute Gasteiger partial charge is 0.296 e. The Balaban J connectivity index is 0.000000269. The molecule has 0 amide bonds. The van der Waals surface area contributed by atoms with E-state index in [4.69, 9.17) is 14.2 Å². The lowest BCUT2D eigenvalue weighted by molar-refractivity contribution is 0.467. The molecule has 0 fully saturated rings. The van der Waals surface area contributed by atoms with Gasteiger partial charge in [-0.1, -0.05) is 48.5 Å². The Labute approximate surface area is 144 Å². The van der Waals surface area contributed by atoms with E-state index in [1.54, 1.807) is 36.4 Å². The van der Waals surface area contributed by atoms with Crippen LogP contribution in [0.2, 0.25) is 0 Å². The van der Waals surface area contributed by atoms with Gasteiger partial charge in [0.25, 0.3) is 20.2 Å². The maximum absolute atomic E-state index is 11.3. The van der Waals surface area contributed by atoms with Gasteiger partial charge >= 0.3 is 0 Å². The molecule has 0 spiro atoms. The van der Waals surface area contributed by atoms with Crippen molar-refractivity contribution in [3.05, 3.63) is 66.7 Å². The average Bonchev–Trinajstić information content (AvgIpc) is 2.53. The lowest BCUT2D eigenvalue weighted by Gasteiger charge is -2.08. The molecule has 0 bridgehead atoms. The fourth-order valence-electron chi connectivity index (χ4n) is 2.12. The van der Waals surface area contributed by atoms with Gasteiger partial charge in [0.05, 0.1) is 0 Å². The van der Waals surface area contributed by atoms with Gasteiger partial charge in [-0.3, -0.25) is 9.11 Å². The first-order valence-corrected chi connectivity index (χ1v) is 9.69. The van der Waals surface area contributed by atoms with E-state index < -0.39 is 30.0 Å². The lowest BCUT2D eigenvalue weighted by Crippen LogP contribution is -2.09. The van der Waals surface area contributed by atoms with E-state index in [1.807, 2.05) is 6.07 Å². The predicted octanol–water partition coefficient (Wildman–Crippen LogP) is 2.73. The number of hydrogen-bond acceptors (Lipinski definition) is 5. The third kappa shape index (κ3) is 4.77. The molecular weight excluding hydrogens is 368 g/mol. The fourth-order valence-corrected chi connectivity index (χ4v) is 4.12. The summed E-state index contributed by atoms with van der Waals surface area (Å²) in [6, 6.07) is 17.0. The van der Waals surface area contributed by atoms with Gasteiger partial charge in [-0.05, 0) is 23.6 Å². The molecule has 3 N–H and O–H groups in total. The van der Waals surface area contributed by atoms with Crippen molar-refractivity contribution >= 4 is 31.0 Å². The van der Waals surface area contributed by atoms with E-state index in [0.29, 0.717) is 11.1 Å². The van der Waals surface area contributed by atoms with Crippen molar-refractivity contribution in [2.45, 2.75) is 9.79 Å². The minimum Gasteiger partial charge on any atom is -0.508 e. The highest BCUT2D eigenvalue weighted by molar-refractivity contribution is 7.89. The van der Waals surface area contributed by atoms with Crippen LogP contribution in [0.1, 0.15) is 0 Å². The number of phenolic OH excluding ortho intramolecular Hbond substituents is 1. The number of benzene rings is 3. The van der Waals surface area contributed by atoms with E-state index >= 15 is 0 Å². The zero-order valence-electron chi connectivity index (χ0n) is 12.6. The van der Waals surface area contributed by atoms with Crippen molar-refractivity contribution in [1.29, 1.82) is 0 Å². The first kappa shape index (κ1) is 18.9. The topological polar surface area (TPSA) is 129 Å². The van der Waals surface area contributed by atoms with Crippen molar-refractivity contribution in [3.8, 4) is 5.75 Å². The minimum absolute atomic E-state index is 0.0233. The molecule has 25 heavy (non-hydrogen) atoms. The second-order valence-corrected chi connectivity index (χ2v) is 7.65. The summed E-state index contributed by atoms with van der Waals surface area (Å²) in [5.74, 6) is 0.322. The molecule has 0 unspecified atom stereocenters. The maximum Gasteiger partial charge on any atom is 0.296 e. The zero-order valence-corrected chi connectivity index (χ0v) is 14.3.